The number of aromatic hydroxyl groups is 1. The lowest BCUT2D eigenvalue weighted by Gasteiger charge is -2.42. The van der Waals surface area contributed by atoms with E-state index in [0.717, 1.165) is 5.57 Å². The van der Waals surface area contributed by atoms with Crippen LogP contribution in [-0.4, -0.2) is 35.6 Å². The highest BCUT2D eigenvalue weighted by atomic mass is 79.9. The summed E-state index contributed by atoms with van der Waals surface area (Å²) in [6.45, 7) is 1.61. The number of allylic oxidation sites excluding steroid dienone is 6. The summed E-state index contributed by atoms with van der Waals surface area (Å²) in [4.78, 5) is 55.8. The van der Waals surface area contributed by atoms with Crippen molar-refractivity contribution >= 4 is 72.5 Å². The van der Waals surface area contributed by atoms with E-state index >= 15 is 0 Å². The second-order valence-corrected chi connectivity index (χ2v) is 12.4. The van der Waals surface area contributed by atoms with Crippen molar-refractivity contribution in [3.63, 3.8) is 0 Å². The number of amides is 2. The van der Waals surface area contributed by atoms with Gasteiger partial charge in [0.25, 0.3) is 0 Å². The number of carbonyl (C=O) groups excluding carboxylic acids is 4. The van der Waals surface area contributed by atoms with Crippen molar-refractivity contribution in [3.8, 4) is 11.5 Å². The van der Waals surface area contributed by atoms with Gasteiger partial charge in [-0.3, -0.25) is 24.1 Å². The standard InChI is InChI=1S/C30H22Br2ClNO6/c1-12-9-20(35)24-19(27(12)36)10-17-15(22(24)18-11-21(40-2)28(37)26(32)25(18)31)7-8-16-23(17)30(39)34(29(16)38)14-5-3-13(33)4-6-14/h3-7,9,11,16-17,22-23,37H,8,10H2,1-2H3/t16-,17+,22+,23-/m0/s1. The topological polar surface area (TPSA) is 101 Å². The predicted molar refractivity (Wildman–Crippen MR) is 155 cm³/mol. The lowest BCUT2D eigenvalue weighted by molar-refractivity contribution is -0.123. The molecule has 1 N–H and O–H groups in total. The number of Topliss-reactive ketones (excluding diaryl/α,β-unsaturated/α-hetero) is 1. The Morgan fingerprint density at radius 1 is 1.02 bits per heavy atom. The highest BCUT2D eigenvalue weighted by molar-refractivity contribution is 9.13. The Morgan fingerprint density at radius 2 is 1.73 bits per heavy atom. The fourth-order valence-electron chi connectivity index (χ4n) is 6.56. The van der Waals surface area contributed by atoms with Gasteiger partial charge < -0.3 is 9.84 Å². The van der Waals surface area contributed by atoms with Gasteiger partial charge >= 0.3 is 0 Å². The molecule has 6 rings (SSSR count). The number of ether oxygens (including phenoxy) is 1. The number of halogens is 3. The SMILES string of the molecule is COc1cc([C@H]2C3=CC[C@@H]4C(=O)N(c5ccc(Cl)cc5)C(=O)[C@@H]4[C@@H]3CC3=C2C(=O)C=C(C)C3=O)c(Br)c(Br)c1O. The molecule has 1 aliphatic heterocycles. The van der Waals surface area contributed by atoms with Crippen LogP contribution in [0.4, 0.5) is 5.69 Å². The monoisotopic (exact) mass is 685 g/mol. The quantitative estimate of drug-likeness (QED) is 0.234. The largest absolute Gasteiger partial charge is 0.503 e. The third-order valence-electron chi connectivity index (χ3n) is 8.35. The van der Waals surface area contributed by atoms with E-state index in [1.165, 1.54) is 18.1 Å². The van der Waals surface area contributed by atoms with Gasteiger partial charge in [0.05, 0.1) is 29.1 Å². The summed E-state index contributed by atoms with van der Waals surface area (Å²) in [7, 11) is 1.42. The number of fused-ring (bicyclic) bond motifs is 3. The van der Waals surface area contributed by atoms with Gasteiger partial charge in [0.2, 0.25) is 11.8 Å². The third-order valence-corrected chi connectivity index (χ3v) is 10.8. The van der Waals surface area contributed by atoms with Crippen LogP contribution in [0.25, 0.3) is 0 Å². The summed E-state index contributed by atoms with van der Waals surface area (Å²) < 4.78 is 6.24. The van der Waals surface area contributed by atoms with E-state index in [1.54, 1.807) is 37.3 Å². The van der Waals surface area contributed by atoms with Crippen LogP contribution in [0, 0.1) is 17.8 Å². The fourth-order valence-corrected chi connectivity index (χ4v) is 7.64. The molecule has 0 aromatic heterocycles. The van der Waals surface area contributed by atoms with E-state index in [4.69, 9.17) is 16.3 Å². The average molecular weight is 688 g/mol. The van der Waals surface area contributed by atoms with Crippen LogP contribution in [0.15, 0.2) is 73.7 Å². The number of rotatable bonds is 3. The van der Waals surface area contributed by atoms with Crippen molar-refractivity contribution in [2.45, 2.75) is 25.7 Å². The van der Waals surface area contributed by atoms with E-state index in [0.29, 0.717) is 48.4 Å². The van der Waals surface area contributed by atoms with Gasteiger partial charge in [0, 0.05) is 32.1 Å². The van der Waals surface area contributed by atoms with Gasteiger partial charge in [-0.05, 0) is 99.5 Å². The molecule has 1 heterocycles. The molecule has 0 saturated carbocycles. The van der Waals surface area contributed by atoms with E-state index in [1.807, 2.05) is 6.08 Å². The molecule has 4 atom stereocenters. The van der Waals surface area contributed by atoms with Crippen LogP contribution in [0.5, 0.6) is 11.5 Å². The molecule has 0 unspecified atom stereocenters. The minimum atomic E-state index is -0.699. The van der Waals surface area contributed by atoms with Crippen LogP contribution in [0.2, 0.25) is 5.02 Å². The Hall–Kier alpha value is -3.01. The second-order valence-electron chi connectivity index (χ2n) is 10.4. The maximum absolute atomic E-state index is 14.0. The Morgan fingerprint density at radius 3 is 2.40 bits per heavy atom. The lowest BCUT2D eigenvalue weighted by Crippen LogP contribution is -2.40. The van der Waals surface area contributed by atoms with Gasteiger partial charge in [-0.2, -0.15) is 0 Å². The van der Waals surface area contributed by atoms with Gasteiger partial charge in [0.15, 0.2) is 23.1 Å². The Bertz CT molecular complexity index is 1640. The van der Waals surface area contributed by atoms with Gasteiger partial charge in [-0.1, -0.05) is 23.3 Å². The predicted octanol–water partition coefficient (Wildman–Crippen LogP) is 6.21. The zero-order valence-electron chi connectivity index (χ0n) is 21.3. The maximum atomic E-state index is 14.0. The molecule has 204 valence electrons. The minimum absolute atomic E-state index is 0.116. The minimum Gasteiger partial charge on any atom is -0.503 e. The molecule has 0 spiro atoms. The van der Waals surface area contributed by atoms with E-state index in [2.05, 4.69) is 31.9 Å². The first kappa shape index (κ1) is 27.2. The summed E-state index contributed by atoms with van der Waals surface area (Å²) >= 11 is 13.0. The number of methoxy groups -OCH3 is 1. The van der Waals surface area contributed by atoms with Crippen molar-refractivity contribution in [2.24, 2.45) is 17.8 Å². The first-order valence-corrected chi connectivity index (χ1v) is 14.6. The number of hydrogen-bond acceptors (Lipinski definition) is 6. The zero-order valence-corrected chi connectivity index (χ0v) is 25.3. The van der Waals surface area contributed by atoms with Crippen molar-refractivity contribution in [1.82, 2.24) is 0 Å². The van der Waals surface area contributed by atoms with Crippen LogP contribution in [0.3, 0.4) is 0 Å². The van der Waals surface area contributed by atoms with Gasteiger partial charge in [-0.25, -0.2) is 0 Å². The molecule has 10 heteroatoms. The van der Waals surface area contributed by atoms with Gasteiger partial charge in [-0.15, -0.1) is 0 Å². The molecular formula is C30H22Br2ClNO6. The number of imide groups is 1. The second kappa shape index (κ2) is 9.82. The Balaban J connectivity index is 1.53. The average Bonchev–Trinajstić information content (AvgIpc) is 3.20. The maximum Gasteiger partial charge on any atom is 0.238 e. The lowest BCUT2D eigenvalue weighted by atomic mass is 9.59. The first-order chi connectivity index (χ1) is 19.0. The number of nitrogens with zero attached hydrogens (tertiary/aromatic N) is 1. The summed E-state index contributed by atoms with van der Waals surface area (Å²) in [6.07, 6.45) is 3.79. The van der Waals surface area contributed by atoms with Crippen molar-refractivity contribution < 1.29 is 29.0 Å². The molecular weight excluding hydrogens is 666 g/mol. The molecule has 4 aliphatic rings. The van der Waals surface area contributed by atoms with Crippen LogP contribution < -0.4 is 9.64 Å². The first-order valence-electron chi connectivity index (χ1n) is 12.6. The molecule has 2 amide bonds. The summed E-state index contributed by atoms with van der Waals surface area (Å²) in [6, 6.07) is 8.18. The summed E-state index contributed by atoms with van der Waals surface area (Å²) in [5, 5.41) is 11.1. The van der Waals surface area contributed by atoms with Crippen LogP contribution >= 0.6 is 43.5 Å². The number of phenols is 1. The number of anilines is 1. The molecule has 0 radical (unpaired) electrons. The molecule has 40 heavy (non-hydrogen) atoms. The molecule has 2 aromatic rings. The Labute approximate surface area is 251 Å². The highest BCUT2D eigenvalue weighted by Crippen LogP contribution is 2.57. The smallest absolute Gasteiger partial charge is 0.238 e. The normalized spacial score (nSPS) is 25.9. The van der Waals surface area contributed by atoms with Crippen LogP contribution in [0.1, 0.15) is 31.2 Å². The van der Waals surface area contributed by atoms with Gasteiger partial charge in [0.1, 0.15) is 0 Å². The van der Waals surface area contributed by atoms with E-state index in [-0.39, 0.29) is 41.3 Å². The molecule has 0 bridgehead atoms. The van der Waals surface area contributed by atoms with Crippen LogP contribution in [-0.2, 0) is 19.2 Å². The third kappa shape index (κ3) is 3.89. The van der Waals surface area contributed by atoms with E-state index in [9.17, 15) is 24.3 Å². The Kier molecular flexibility index (Phi) is 6.67. The number of carbonyl (C=O) groups is 4. The molecule has 7 nitrogen and oxygen atoms in total. The number of benzene rings is 2. The number of phenolic OH excluding ortho intramolecular Hbond substituents is 1. The number of hydrogen-bond donors (Lipinski definition) is 1. The zero-order chi connectivity index (χ0) is 28.6. The fraction of sp³-hybridized carbons (Fsp3) is 0.267. The van der Waals surface area contributed by atoms with Crippen molar-refractivity contribution in [1.29, 1.82) is 0 Å². The van der Waals surface area contributed by atoms with Crippen molar-refractivity contribution in [2.75, 3.05) is 12.0 Å². The molecule has 1 saturated heterocycles. The van der Waals surface area contributed by atoms with E-state index < -0.39 is 23.7 Å². The summed E-state index contributed by atoms with van der Waals surface area (Å²) in [5.41, 5.74) is 2.89. The highest BCUT2D eigenvalue weighted by Gasteiger charge is 2.56. The van der Waals surface area contributed by atoms with Crippen molar-refractivity contribution in [3.05, 3.63) is 84.3 Å². The number of ketones is 2. The molecule has 2 aromatic carbocycles. The summed E-state index contributed by atoms with van der Waals surface area (Å²) in [5.74, 6) is -3.53. The molecule has 3 aliphatic carbocycles. The molecule has 1 fully saturated rings.